The van der Waals surface area contributed by atoms with Crippen molar-refractivity contribution in [3.63, 3.8) is 0 Å². The van der Waals surface area contributed by atoms with E-state index < -0.39 is 0 Å². The molecule has 0 spiro atoms. The Kier molecular flexibility index (Phi) is 17.2. The number of nitrogens with one attached hydrogen (secondary N) is 2. The van der Waals surface area contributed by atoms with Crippen LogP contribution in [0.3, 0.4) is 0 Å². The number of thiazole rings is 1. The van der Waals surface area contributed by atoms with Crippen molar-refractivity contribution in [1.29, 1.82) is 5.41 Å². The lowest BCUT2D eigenvalue weighted by Gasteiger charge is -2.21. The Labute approximate surface area is 193 Å². The SMILES string of the molecule is CC.CC.CC(=N)N.COc1ccc(NN)cc1/C=C/CC(C)(C)Cc1csc(C)n1. The van der Waals surface area contributed by atoms with Crippen LogP contribution in [0.15, 0.2) is 29.7 Å². The molecule has 0 aliphatic carbocycles. The first-order valence-electron chi connectivity index (χ1n) is 10.7. The molecule has 0 saturated heterocycles. The molecule has 0 atom stereocenters. The third-order valence-corrected chi connectivity index (χ3v) is 4.51. The first-order chi connectivity index (χ1) is 14.7. The van der Waals surface area contributed by atoms with Gasteiger partial charge in [-0.25, -0.2) is 4.98 Å². The summed E-state index contributed by atoms with van der Waals surface area (Å²) in [5.74, 6) is 6.48. The Morgan fingerprint density at radius 3 is 2.29 bits per heavy atom. The summed E-state index contributed by atoms with van der Waals surface area (Å²) in [7, 11) is 1.68. The molecule has 0 unspecified atom stereocenters. The third-order valence-electron chi connectivity index (χ3n) is 3.69. The van der Waals surface area contributed by atoms with Crippen molar-refractivity contribution in [2.24, 2.45) is 17.0 Å². The molecule has 0 amide bonds. The number of hydrogen-bond acceptors (Lipinski definition) is 6. The Morgan fingerprint density at radius 1 is 1.26 bits per heavy atom. The molecule has 2 aromatic rings. The number of aromatic nitrogens is 1. The number of nitrogens with two attached hydrogens (primary N) is 2. The predicted octanol–water partition coefficient (Wildman–Crippen LogP) is 6.41. The topological polar surface area (TPSA) is 110 Å². The van der Waals surface area contributed by atoms with E-state index in [1.165, 1.54) is 12.6 Å². The van der Waals surface area contributed by atoms with Crippen molar-refractivity contribution in [3.8, 4) is 5.75 Å². The van der Waals surface area contributed by atoms with Gasteiger partial charge in [0.1, 0.15) is 5.75 Å². The molecule has 31 heavy (non-hydrogen) atoms. The average molecular weight is 450 g/mol. The summed E-state index contributed by atoms with van der Waals surface area (Å²) in [6.45, 7) is 16.1. The van der Waals surface area contributed by atoms with Crippen molar-refractivity contribution in [3.05, 3.63) is 45.9 Å². The van der Waals surface area contributed by atoms with E-state index in [0.717, 1.165) is 34.8 Å². The van der Waals surface area contributed by atoms with Crippen LogP contribution in [-0.4, -0.2) is 17.9 Å². The van der Waals surface area contributed by atoms with Crippen molar-refractivity contribution >= 4 is 28.9 Å². The molecule has 7 heteroatoms. The first kappa shape index (κ1) is 30.8. The van der Waals surface area contributed by atoms with Crippen LogP contribution >= 0.6 is 11.3 Å². The Hall–Kier alpha value is -2.38. The van der Waals surface area contributed by atoms with Crippen LogP contribution in [0.5, 0.6) is 5.75 Å². The number of rotatable bonds is 7. The summed E-state index contributed by atoms with van der Waals surface area (Å²) in [4.78, 5) is 4.56. The highest BCUT2D eigenvalue weighted by atomic mass is 32.1. The van der Waals surface area contributed by atoms with E-state index in [2.05, 4.69) is 41.8 Å². The number of hydrazine groups is 1. The van der Waals surface area contributed by atoms with Gasteiger partial charge in [0, 0.05) is 16.6 Å². The van der Waals surface area contributed by atoms with Gasteiger partial charge in [-0.1, -0.05) is 53.7 Å². The Balaban J connectivity index is 0. The largest absolute Gasteiger partial charge is 0.496 e. The lowest BCUT2D eigenvalue weighted by molar-refractivity contribution is 0.366. The van der Waals surface area contributed by atoms with E-state index in [1.54, 1.807) is 18.4 Å². The zero-order valence-electron chi connectivity index (χ0n) is 20.8. The van der Waals surface area contributed by atoms with E-state index >= 15 is 0 Å². The van der Waals surface area contributed by atoms with Crippen LogP contribution in [0.2, 0.25) is 0 Å². The number of benzene rings is 1. The van der Waals surface area contributed by atoms with Gasteiger partial charge >= 0.3 is 0 Å². The number of allylic oxidation sites excluding steroid dienone is 1. The summed E-state index contributed by atoms with van der Waals surface area (Å²) >= 11 is 1.71. The van der Waals surface area contributed by atoms with Crippen molar-refractivity contribution in [2.45, 2.75) is 68.2 Å². The highest BCUT2D eigenvalue weighted by molar-refractivity contribution is 7.09. The second-order valence-electron chi connectivity index (χ2n) is 7.09. The van der Waals surface area contributed by atoms with E-state index in [4.69, 9.17) is 21.7 Å². The zero-order valence-corrected chi connectivity index (χ0v) is 21.6. The van der Waals surface area contributed by atoms with Crippen LogP contribution in [0, 0.1) is 17.7 Å². The van der Waals surface area contributed by atoms with Crippen molar-refractivity contribution in [2.75, 3.05) is 12.5 Å². The molecular formula is C24H43N5OS. The fourth-order valence-corrected chi connectivity index (χ4v) is 3.12. The number of hydrogen-bond donors (Lipinski definition) is 4. The van der Waals surface area contributed by atoms with Gasteiger partial charge in [-0.15, -0.1) is 11.3 Å². The van der Waals surface area contributed by atoms with Gasteiger partial charge in [-0.3, -0.25) is 11.3 Å². The summed E-state index contributed by atoms with van der Waals surface area (Å²) in [6.07, 6.45) is 6.22. The van der Waals surface area contributed by atoms with Gasteiger partial charge in [-0.05, 0) is 50.3 Å². The molecule has 0 aliphatic rings. The van der Waals surface area contributed by atoms with Gasteiger partial charge in [-0.2, -0.15) is 0 Å². The minimum Gasteiger partial charge on any atom is -0.496 e. The van der Waals surface area contributed by atoms with Gasteiger partial charge in [0.25, 0.3) is 0 Å². The second-order valence-corrected chi connectivity index (χ2v) is 8.15. The number of amidine groups is 1. The fraction of sp³-hybridized carbons (Fsp3) is 0.500. The maximum absolute atomic E-state index is 6.28. The molecule has 1 heterocycles. The van der Waals surface area contributed by atoms with Gasteiger partial charge < -0.3 is 15.9 Å². The summed E-state index contributed by atoms with van der Waals surface area (Å²) in [5, 5.41) is 9.56. The maximum atomic E-state index is 6.28. The number of aryl methyl sites for hydroxylation is 1. The molecule has 6 nitrogen and oxygen atoms in total. The molecule has 0 bridgehead atoms. The third kappa shape index (κ3) is 14.3. The van der Waals surface area contributed by atoms with Gasteiger partial charge in [0.15, 0.2) is 0 Å². The summed E-state index contributed by atoms with van der Waals surface area (Å²) in [6, 6.07) is 5.79. The van der Waals surface area contributed by atoms with E-state index in [9.17, 15) is 0 Å². The molecule has 2 rings (SSSR count). The standard InChI is InChI=1S/C18H25N3OS.C2H6N2.2C2H6/c1-13-20-16(12-23-13)11-18(2,3)9-5-6-14-10-15(21-19)7-8-17(14)22-4;1-2(3)4;2*1-2/h5-8,10,12,21H,9,11,19H2,1-4H3;1H3,(H3,3,4);2*1-2H3/b6-5+;;;. The van der Waals surface area contributed by atoms with Crippen LogP contribution < -0.4 is 21.7 Å². The molecular weight excluding hydrogens is 406 g/mol. The highest BCUT2D eigenvalue weighted by Gasteiger charge is 2.18. The quantitative estimate of drug-likeness (QED) is 0.169. The van der Waals surface area contributed by atoms with Crippen LogP contribution in [0.4, 0.5) is 5.69 Å². The molecule has 0 radical (unpaired) electrons. The summed E-state index contributed by atoms with van der Waals surface area (Å²) in [5.41, 5.74) is 10.6. The normalized spacial score (nSPS) is 10.0. The second kappa shape index (κ2) is 17.3. The zero-order chi connectivity index (χ0) is 24.4. The summed E-state index contributed by atoms with van der Waals surface area (Å²) < 4.78 is 5.40. The highest BCUT2D eigenvalue weighted by Crippen LogP contribution is 2.29. The molecule has 176 valence electrons. The predicted molar refractivity (Wildman–Crippen MR) is 139 cm³/mol. The van der Waals surface area contributed by atoms with Gasteiger partial charge in [0.2, 0.25) is 0 Å². The Bertz CT molecular complexity index is 765. The number of methoxy groups -OCH3 is 1. The fourth-order valence-electron chi connectivity index (χ4n) is 2.51. The van der Waals surface area contributed by atoms with Crippen LogP contribution in [0.25, 0.3) is 6.08 Å². The number of anilines is 1. The van der Waals surface area contributed by atoms with E-state index in [0.29, 0.717) is 0 Å². The van der Waals surface area contributed by atoms with Gasteiger partial charge in [0.05, 0.1) is 23.6 Å². The monoisotopic (exact) mass is 449 g/mol. The lowest BCUT2D eigenvalue weighted by Crippen LogP contribution is -2.14. The smallest absolute Gasteiger partial charge is 0.126 e. The molecule has 6 N–H and O–H groups in total. The molecule has 1 aromatic heterocycles. The molecule has 0 fully saturated rings. The van der Waals surface area contributed by atoms with Crippen LogP contribution in [-0.2, 0) is 6.42 Å². The lowest BCUT2D eigenvalue weighted by atomic mass is 9.84. The molecule has 0 aliphatic heterocycles. The minimum atomic E-state index is 0.161. The molecule has 0 saturated carbocycles. The van der Waals surface area contributed by atoms with Crippen LogP contribution in [0.1, 0.15) is 71.2 Å². The van der Waals surface area contributed by atoms with Crippen molar-refractivity contribution in [1.82, 2.24) is 4.98 Å². The van der Waals surface area contributed by atoms with Crippen molar-refractivity contribution < 1.29 is 4.74 Å². The van der Waals surface area contributed by atoms with E-state index in [-0.39, 0.29) is 11.3 Å². The van der Waals surface area contributed by atoms with E-state index in [1.807, 2.05) is 52.8 Å². The first-order valence-corrected chi connectivity index (χ1v) is 11.6. The number of nitrogens with zero attached hydrogens (tertiary/aromatic N) is 1. The Morgan fingerprint density at radius 2 is 1.84 bits per heavy atom. The number of ether oxygens (including phenoxy) is 1. The maximum Gasteiger partial charge on any atom is 0.126 e. The minimum absolute atomic E-state index is 0.161. The molecule has 1 aromatic carbocycles. The number of nitrogen functional groups attached to an aromatic ring is 1. The average Bonchev–Trinajstić information content (AvgIpc) is 3.14.